The Bertz CT molecular complexity index is 602. The Kier molecular flexibility index (Phi) is 4.22. The quantitative estimate of drug-likeness (QED) is 0.804. The van der Waals surface area contributed by atoms with E-state index in [1.807, 2.05) is 13.8 Å². The number of halogens is 1. The van der Waals surface area contributed by atoms with Crippen LogP contribution >= 0.6 is 22.9 Å². The molecule has 0 saturated carbocycles. The molecule has 2 rings (SSSR count). The molecule has 1 aromatic heterocycles. The Balaban J connectivity index is 2.24. The monoisotopic (exact) mass is 295 g/mol. The Labute approximate surface area is 121 Å². The molecule has 100 valence electrons. The summed E-state index contributed by atoms with van der Waals surface area (Å²) in [5, 5.41) is 1.38. The average Bonchev–Trinajstić information content (AvgIpc) is 2.67. The summed E-state index contributed by atoms with van der Waals surface area (Å²) < 4.78 is 5.19. The van der Waals surface area contributed by atoms with Gasteiger partial charge in [-0.3, -0.25) is 4.79 Å². The predicted octanol–water partition coefficient (Wildman–Crippen LogP) is 3.85. The van der Waals surface area contributed by atoms with Crippen molar-refractivity contribution in [3.8, 4) is 5.75 Å². The number of nitrogens with zero attached hydrogens (tertiary/aromatic N) is 1. The number of benzene rings is 1. The van der Waals surface area contributed by atoms with Crippen molar-refractivity contribution in [3.05, 3.63) is 44.4 Å². The Hall–Kier alpha value is -1.39. The van der Waals surface area contributed by atoms with Gasteiger partial charge in [-0.1, -0.05) is 11.6 Å². The summed E-state index contributed by atoms with van der Waals surface area (Å²) in [6.45, 7) is 3.95. The number of thiazole rings is 1. The number of ketones is 1. The molecule has 0 fully saturated rings. The van der Waals surface area contributed by atoms with Crippen LogP contribution in [0.4, 0.5) is 0 Å². The highest BCUT2D eigenvalue weighted by Gasteiger charge is 2.15. The van der Waals surface area contributed by atoms with Gasteiger partial charge in [-0.15, -0.1) is 11.3 Å². The molecule has 0 amide bonds. The van der Waals surface area contributed by atoms with Crippen molar-refractivity contribution >= 4 is 28.7 Å². The summed E-state index contributed by atoms with van der Waals surface area (Å²) in [7, 11) is 1.53. The molecule has 0 aliphatic rings. The first kappa shape index (κ1) is 14.0. The molecule has 19 heavy (non-hydrogen) atoms. The summed E-state index contributed by atoms with van der Waals surface area (Å²) in [4.78, 5) is 17.8. The number of aromatic nitrogens is 1. The fourth-order valence-corrected chi connectivity index (χ4v) is 2.84. The van der Waals surface area contributed by atoms with E-state index < -0.39 is 0 Å². The first-order chi connectivity index (χ1) is 9.01. The van der Waals surface area contributed by atoms with Gasteiger partial charge in [0, 0.05) is 9.90 Å². The van der Waals surface area contributed by atoms with Crippen molar-refractivity contribution < 1.29 is 9.53 Å². The molecule has 0 saturated heterocycles. The highest BCUT2D eigenvalue weighted by molar-refractivity contribution is 7.11. The van der Waals surface area contributed by atoms with E-state index >= 15 is 0 Å². The minimum atomic E-state index is -0.0118. The normalized spacial score (nSPS) is 10.5. The van der Waals surface area contributed by atoms with Crippen LogP contribution in [-0.2, 0) is 6.42 Å². The molecule has 1 heterocycles. The highest BCUT2D eigenvalue weighted by Crippen LogP contribution is 2.25. The third-order valence-electron chi connectivity index (χ3n) is 2.85. The number of aryl methyl sites for hydroxylation is 2. The number of carbonyl (C=O) groups excluding carboxylic acids is 1. The van der Waals surface area contributed by atoms with Gasteiger partial charge in [0.15, 0.2) is 5.78 Å². The van der Waals surface area contributed by atoms with Crippen molar-refractivity contribution in [1.29, 1.82) is 0 Å². The van der Waals surface area contributed by atoms with Gasteiger partial charge in [0.25, 0.3) is 0 Å². The summed E-state index contributed by atoms with van der Waals surface area (Å²) in [6, 6.07) is 5.03. The van der Waals surface area contributed by atoms with Crippen LogP contribution in [0.25, 0.3) is 0 Å². The van der Waals surface area contributed by atoms with E-state index in [2.05, 4.69) is 4.98 Å². The molecule has 0 aliphatic heterocycles. The SMILES string of the molecule is COc1cc(Cl)ccc1C(=O)Cc1nc(C)c(C)s1. The molecule has 2 aromatic rings. The van der Waals surface area contributed by atoms with E-state index in [0.717, 1.165) is 15.6 Å². The van der Waals surface area contributed by atoms with E-state index in [4.69, 9.17) is 16.3 Å². The van der Waals surface area contributed by atoms with Gasteiger partial charge in [-0.25, -0.2) is 4.98 Å². The number of rotatable bonds is 4. The second kappa shape index (κ2) is 5.72. The molecular weight excluding hydrogens is 282 g/mol. The number of carbonyl (C=O) groups is 1. The topological polar surface area (TPSA) is 39.2 Å². The van der Waals surface area contributed by atoms with Gasteiger partial charge in [0.2, 0.25) is 0 Å². The van der Waals surface area contributed by atoms with Crippen LogP contribution in [0.3, 0.4) is 0 Å². The van der Waals surface area contributed by atoms with Crippen molar-refractivity contribution in [2.75, 3.05) is 7.11 Å². The Morgan fingerprint density at radius 1 is 1.42 bits per heavy atom. The van der Waals surface area contributed by atoms with E-state index in [1.165, 1.54) is 7.11 Å². The Morgan fingerprint density at radius 2 is 2.16 bits per heavy atom. The summed E-state index contributed by atoms with van der Waals surface area (Å²) in [5.41, 5.74) is 1.52. The lowest BCUT2D eigenvalue weighted by atomic mass is 10.1. The largest absolute Gasteiger partial charge is 0.496 e. The molecular formula is C14H14ClNO2S. The molecule has 5 heteroatoms. The molecule has 0 aliphatic carbocycles. The standard InChI is InChI=1S/C14H14ClNO2S/c1-8-9(2)19-14(16-8)7-12(17)11-5-4-10(15)6-13(11)18-3/h4-6H,7H2,1-3H3. The summed E-state index contributed by atoms with van der Waals surface area (Å²) >= 11 is 7.44. The van der Waals surface area contributed by atoms with Crippen molar-refractivity contribution in [3.63, 3.8) is 0 Å². The van der Waals surface area contributed by atoms with Crippen molar-refractivity contribution in [2.24, 2.45) is 0 Å². The maximum Gasteiger partial charge on any atom is 0.173 e. The first-order valence-electron chi connectivity index (χ1n) is 5.81. The van der Waals surface area contributed by atoms with Crippen molar-refractivity contribution in [2.45, 2.75) is 20.3 Å². The van der Waals surface area contributed by atoms with Crippen LogP contribution in [0.1, 0.15) is 25.9 Å². The van der Waals surface area contributed by atoms with Crippen LogP contribution in [0.15, 0.2) is 18.2 Å². The van der Waals surface area contributed by atoms with Gasteiger partial charge in [0.1, 0.15) is 10.8 Å². The van der Waals surface area contributed by atoms with Crippen LogP contribution in [0, 0.1) is 13.8 Å². The van der Waals surface area contributed by atoms with Gasteiger partial charge in [-0.2, -0.15) is 0 Å². The van der Waals surface area contributed by atoms with Crippen molar-refractivity contribution in [1.82, 2.24) is 4.98 Å². The zero-order valence-electron chi connectivity index (χ0n) is 11.0. The Morgan fingerprint density at radius 3 is 2.74 bits per heavy atom. The minimum Gasteiger partial charge on any atom is -0.496 e. The maximum absolute atomic E-state index is 12.3. The average molecular weight is 296 g/mol. The number of Topliss-reactive ketones (excluding diaryl/α,β-unsaturated/α-hetero) is 1. The van der Waals surface area contributed by atoms with Crippen LogP contribution in [-0.4, -0.2) is 17.9 Å². The molecule has 3 nitrogen and oxygen atoms in total. The first-order valence-corrected chi connectivity index (χ1v) is 7.00. The van der Waals surface area contributed by atoms with Gasteiger partial charge >= 0.3 is 0 Å². The second-order valence-corrected chi connectivity index (χ2v) is 5.92. The fourth-order valence-electron chi connectivity index (χ4n) is 1.74. The number of ether oxygens (including phenoxy) is 1. The number of methoxy groups -OCH3 is 1. The molecule has 0 spiro atoms. The van der Waals surface area contributed by atoms with Gasteiger partial charge in [-0.05, 0) is 32.0 Å². The van der Waals surface area contributed by atoms with E-state index in [1.54, 1.807) is 29.5 Å². The van der Waals surface area contributed by atoms with E-state index in [9.17, 15) is 4.79 Å². The third-order valence-corrected chi connectivity index (χ3v) is 4.16. The molecule has 1 aromatic carbocycles. The van der Waals surface area contributed by atoms with Gasteiger partial charge in [0.05, 0.1) is 24.8 Å². The maximum atomic E-state index is 12.3. The second-order valence-electron chi connectivity index (χ2n) is 4.19. The molecule has 0 atom stereocenters. The summed E-state index contributed by atoms with van der Waals surface area (Å²) in [6.07, 6.45) is 0.289. The van der Waals surface area contributed by atoms with Crippen LogP contribution in [0.5, 0.6) is 5.75 Å². The lowest BCUT2D eigenvalue weighted by Crippen LogP contribution is -2.05. The molecule has 0 radical (unpaired) electrons. The van der Waals surface area contributed by atoms with Crippen LogP contribution < -0.4 is 4.74 Å². The minimum absolute atomic E-state index is 0.0118. The molecule has 0 unspecified atom stereocenters. The zero-order chi connectivity index (χ0) is 14.0. The lowest BCUT2D eigenvalue weighted by Gasteiger charge is -2.07. The lowest BCUT2D eigenvalue weighted by molar-refractivity contribution is 0.0990. The molecule has 0 bridgehead atoms. The van der Waals surface area contributed by atoms with Crippen LogP contribution in [0.2, 0.25) is 5.02 Å². The van der Waals surface area contributed by atoms with E-state index in [0.29, 0.717) is 16.3 Å². The van der Waals surface area contributed by atoms with E-state index in [-0.39, 0.29) is 12.2 Å². The highest BCUT2D eigenvalue weighted by atomic mass is 35.5. The van der Waals surface area contributed by atoms with Gasteiger partial charge < -0.3 is 4.74 Å². The number of hydrogen-bond acceptors (Lipinski definition) is 4. The zero-order valence-corrected chi connectivity index (χ0v) is 12.6. The summed E-state index contributed by atoms with van der Waals surface area (Å²) in [5.74, 6) is 0.491. The fraction of sp³-hybridized carbons (Fsp3) is 0.286. The molecule has 0 N–H and O–H groups in total. The smallest absolute Gasteiger partial charge is 0.173 e. The predicted molar refractivity (Wildman–Crippen MR) is 77.6 cm³/mol. The number of hydrogen-bond donors (Lipinski definition) is 0. The third kappa shape index (κ3) is 3.14.